The number of carbonyl (C=O) groups is 1. The van der Waals surface area contributed by atoms with Gasteiger partial charge < -0.3 is 9.80 Å². The van der Waals surface area contributed by atoms with Crippen LogP contribution in [-0.4, -0.2) is 43.0 Å². The molecule has 2 fully saturated rings. The molecule has 1 saturated heterocycles. The lowest BCUT2D eigenvalue weighted by atomic mass is 9.86. The molecule has 0 spiro atoms. The number of halogens is 1. The largest absolute Gasteiger partial charge is 0.330 e. The molecule has 2 aliphatic rings. The highest BCUT2D eigenvalue weighted by Crippen LogP contribution is 2.22. The van der Waals surface area contributed by atoms with Crippen LogP contribution in [0.15, 0.2) is 24.3 Å². The lowest BCUT2D eigenvalue weighted by Gasteiger charge is -2.39. The monoisotopic (exact) mass is 321 g/mol. The van der Waals surface area contributed by atoms with Gasteiger partial charge in [0.25, 0.3) is 5.91 Å². The number of piperazine rings is 1. The summed E-state index contributed by atoms with van der Waals surface area (Å²) in [6.07, 6.45) is 5.47. The summed E-state index contributed by atoms with van der Waals surface area (Å²) in [4.78, 5) is 16.2. The number of carbonyl (C=O) groups excluding carboxylic acids is 1. The second-order valence-electron chi connectivity index (χ2n) is 6.92. The molecule has 22 heavy (non-hydrogen) atoms. The van der Waals surface area contributed by atoms with Gasteiger partial charge in [-0.3, -0.25) is 4.79 Å². The van der Waals surface area contributed by atoms with Crippen LogP contribution in [-0.2, 0) is 0 Å². The van der Waals surface area contributed by atoms with Gasteiger partial charge in [0.05, 0.1) is 32.2 Å². The van der Waals surface area contributed by atoms with Crippen LogP contribution in [0, 0.1) is 5.92 Å². The van der Waals surface area contributed by atoms with Crippen molar-refractivity contribution in [3.8, 4) is 0 Å². The van der Waals surface area contributed by atoms with Crippen LogP contribution >= 0.6 is 11.6 Å². The van der Waals surface area contributed by atoms with E-state index in [2.05, 4.69) is 6.92 Å². The Morgan fingerprint density at radius 3 is 2.50 bits per heavy atom. The second kappa shape index (κ2) is 7.01. The second-order valence-corrected chi connectivity index (χ2v) is 7.35. The van der Waals surface area contributed by atoms with Crippen LogP contribution < -0.4 is 4.90 Å². The fourth-order valence-electron chi connectivity index (χ4n) is 3.88. The number of amides is 1. The van der Waals surface area contributed by atoms with Gasteiger partial charge in [0.15, 0.2) is 0 Å². The third kappa shape index (κ3) is 3.64. The summed E-state index contributed by atoms with van der Waals surface area (Å²) in [6, 6.07) is 8.10. The van der Waals surface area contributed by atoms with E-state index in [1.54, 1.807) is 11.0 Å². The van der Waals surface area contributed by atoms with E-state index in [0.29, 0.717) is 10.6 Å². The third-order valence-electron chi connectivity index (χ3n) is 5.36. The third-order valence-corrected chi connectivity index (χ3v) is 5.59. The molecular formula is C18H26ClN2O+. The highest BCUT2D eigenvalue weighted by atomic mass is 35.5. The van der Waals surface area contributed by atoms with E-state index in [9.17, 15) is 4.79 Å². The number of hydrogen-bond acceptors (Lipinski definition) is 1. The maximum atomic E-state index is 12.5. The van der Waals surface area contributed by atoms with Crippen LogP contribution in [0.4, 0.5) is 0 Å². The average Bonchev–Trinajstić information content (AvgIpc) is 2.55. The van der Waals surface area contributed by atoms with Crippen molar-refractivity contribution in [3.05, 3.63) is 34.9 Å². The molecule has 1 N–H and O–H groups in total. The van der Waals surface area contributed by atoms with Crippen LogP contribution in [0.3, 0.4) is 0 Å². The molecule has 1 saturated carbocycles. The first-order chi connectivity index (χ1) is 10.6. The molecule has 1 aliphatic carbocycles. The molecule has 1 aromatic rings. The Labute approximate surface area is 138 Å². The average molecular weight is 322 g/mol. The van der Waals surface area contributed by atoms with E-state index in [4.69, 9.17) is 11.6 Å². The minimum absolute atomic E-state index is 0.124. The van der Waals surface area contributed by atoms with Gasteiger partial charge >= 0.3 is 0 Å². The molecule has 0 radical (unpaired) electrons. The van der Waals surface area contributed by atoms with Gasteiger partial charge in [-0.1, -0.05) is 24.6 Å². The van der Waals surface area contributed by atoms with Crippen molar-refractivity contribution in [2.24, 2.45) is 5.92 Å². The predicted molar refractivity (Wildman–Crippen MR) is 89.5 cm³/mol. The fraction of sp³-hybridized carbons (Fsp3) is 0.611. The molecule has 0 unspecified atom stereocenters. The van der Waals surface area contributed by atoms with Crippen molar-refractivity contribution in [2.75, 3.05) is 26.2 Å². The van der Waals surface area contributed by atoms with Gasteiger partial charge in [-0.25, -0.2) is 0 Å². The highest BCUT2D eigenvalue weighted by Gasteiger charge is 2.31. The zero-order chi connectivity index (χ0) is 15.5. The van der Waals surface area contributed by atoms with E-state index in [1.807, 2.05) is 23.1 Å². The number of benzene rings is 1. The molecule has 1 aliphatic heterocycles. The van der Waals surface area contributed by atoms with Crippen LogP contribution in [0.1, 0.15) is 43.0 Å². The zero-order valence-corrected chi connectivity index (χ0v) is 14.1. The first kappa shape index (κ1) is 15.8. The Hall–Kier alpha value is -1.06. The van der Waals surface area contributed by atoms with Gasteiger partial charge in [-0.2, -0.15) is 0 Å². The number of hydrogen-bond donors (Lipinski definition) is 1. The first-order valence-electron chi connectivity index (χ1n) is 8.53. The summed E-state index contributed by atoms with van der Waals surface area (Å²) in [7, 11) is 0. The minimum atomic E-state index is 0.124. The summed E-state index contributed by atoms with van der Waals surface area (Å²) < 4.78 is 0. The normalized spacial score (nSPS) is 26.9. The van der Waals surface area contributed by atoms with Crippen LogP contribution in [0.5, 0.6) is 0 Å². The molecule has 0 atom stereocenters. The molecule has 1 aromatic carbocycles. The van der Waals surface area contributed by atoms with Crippen LogP contribution in [0.2, 0.25) is 5.02 Å². The molecule has 3 nitrogen and oxygen atoms in total. The number of rotatable bonds is 2. The molecule has 1 heterocycles. The molecule has 1 amide bonds. The fourth-order valence-corrected chi connectivity index (χ4v) is 4.07. The van der Waals surface area contributed by atoms with Crippen molar-refractivity contribution in [1.29, 1.82) is 0 Å². The molecule has 0 bridgehead atoms. The van der Waals surface area contributed by atoms with E-state index >= 15 is 0 Å². The molecule has 120 valence electrons. The molecular weight excluding hydrogens is 296 g/mol. The van der Waals surface area contributed by atoms with Gasteiger partial charge in [-0.15, -0.1) is 0 Å². The quantitative estimate of drug-likeness (QED) is 0.888. The smallest absolute Gasteiger partial charge is 0.254 e. The Balaban J connectivity index is 1.54. The van der Waals surface area contributed by atoms with Crippen molar-refractivity contribution in [2.45, 2.75) is 38.6 Å². The number of nitrogens with zero attached hydrogens (tertiary/aromatic N) is 1. The molecule has 4 heteroatoms. The summed E-state index contributed by atoms with van der Waals surface area (Å²) >= 11 is 5.99. The van der Waals surface area contributed by atoms with Gasteiger partial charge in [0, 0.05) is 10.6 Å². The molecule has 3 rings (SSSR count). The summed E-state index contributed by atoms with van der Waals surface area (Å²) in [5, 5.41) is 0.631. The van der Waals surface area contributed by atoms with Crippen LogP contribution in [0.25, 0.3) is 0 Å². The Morgan fingerprint density at radius 2 is 1.86 bits per heavy atom. The van der Waals surface area contributed by atoms with E-state index < -0.39 is 0 Å². The Morgan fingerprint density at radius 1 is 1.18 bits per heavy atom. The maximum absolute atomic E-state index is 12.5. The first-order valence-corrected chi connectivity index (χ1v) is 8.90. The van der Waals surface area contributed by atoms with Gasteiger partial charge in [-0.05, 0) is 49.8 Å². The molecule has 0 aromatic heterocycles. The Bertz CT molecular complexity index is 518. The highest BCUT2D eigenvalue weighted by molar-refractivity contribution is 6.30. The topological polar surface area (TPSA) is 24.8 Å². The summed E-state index contributed by atoms with van der Waals surface area (Å²) in [5.74, 6) is 1.03. The summed E-state index contributed by atoms with van der Waals surface area (Å²) in [5.41, 5.74) is 0.711. The summed E-state index contributed by atoms with van der Waals surface area (Å²) in [6.45, 7) is 6.28. The van der Waals surface area contributed by atoms with E-state index in [-0.39, 0.29) is 5.91 Å². The van der Waals surface area contributed by atoms with Crippen molar-refractivity contribution >= 4 is 17.5 Å². The van der Waals surface area contributed by atoms with Crippen molar-refractivity contribution in [3.63, 3.8) is 0 Å². The van der Waals surface area contributed by atoms with Gasteiger partial charge in [0.1, 0.15) is 0 Å². The Kier molecular flexibility index (Phi) is 5.04. The number of nitrogens with one attached hydrogen (secondary N) is 1. The number of quaternary nitrogens is 1. The standard InChI is InChI=1S/C18H25ClN2O/c1-14-5-7-17(8-6-14)20-9-11-21(12-10-20)18(22)15-3-2-4-16(19)13-15/h2-4,13-14,17H,5-12H2,1H3/p+1. The van der Waals surface area contributed by atoms with E-state index in [0.717, 1.165) is 38.1 Å². The lowest BCUT2D eigenvalue weighted by Crippen LogP contribution is -3.18. The predicted octanol–water partition coefficient (Wildman–Crippen LogP) is 2.26. The SMILES string of the molecule is CC1CCC([NH+]2CCN(C(=O)c3cccc(Cl)c3)CC2)CC1. The van der Waals surface area contributed by atoms with Crippen molar-refractivity contribution in [1.82, 2.24) is 4.90 Å². The minimum Gasteiger partial charge on any atom is -0.330 e. The van der Waals surface area contributed by atoms with E-state index in [1.165, 1.54) is 25.7 Å². The van der Waals surface area contributed by atoms with Crippen molar-refractivity contribution < 1.29 is 9.69 Å². The van der Waals surface area contributed by atoms with Gasteiger partial charge in [0.2, 0.25) is 0 Å². The maximum Gasteiger partial charge on any atom is 0.254 e. The lowest BCUT2D eigenvalue weighted by molar-refractivity contribution is -0.930. The zero-order valence-electron chi connectivity index (χ0n) is 13.4.